The summed E-state index contributed by atoms with van der Waals surface area (Å²) < 4.78 is 5.52. The van der Waals surface area contributed by atoms with Crippen molar-refractivity contribution in [3.05, 3.63) is 40.9 Å². The van der Waals surface area contributed by atoms with Crippen molar-refractivity contribution in [3.8, 4) is 5.75 Å². The number of hydrogen-bond donors (Lipinski definition) is 0. The molecule has 0 aliphatic heterocycles. The highest BCUT2D eigenvalue weighted by atomic mass is 35.5. The van der Waals surface area contributed by atoms with Crippen LogP contribution in [0.2, 0.25) is 5.02 Å². The molecule has 0 heterocycles. The van der Waals surface area contributed by atoms with Crippen molar-refractivity contribution in [3.63, 3.8) is 0 Å². The Morgan fingerprint density at radius 3 is 2.69 bits per heavy atom. The molecule has 0 spiro atoms. The minimum absolute atomic E-state index is 0.0483. The highest BCUT2D eigenvalue weighted by Gasteiger charge is 2.08. The molecule has 0 N–H and O–H groups in total. The van der Waals surface area contributed by atoms with Crippen molar-refractivity contribution in [2.24, 2.45) is 0 Å². The molecular weight excluding hydrogens is 224 g/mol. The zero-order valence-corrected chi connectivity index (χ0v) is 10.3. The monoisotopic (exact) mass is 238 g/mol. The van der Waals surface area contributed by atoms with Crippen LogP contribution in [-0.4, -0.2) is 12.4 Å². The SMILES string of the molecule is C=C(C)CCOc1ccc(Cl)cc1C(C)=O. The van der Waals surface area contributed by atoms with E-state index in [1.807, 2.05) is 6.92 Å². The Hall–Kier alpha value is -1.28. The Labute approximate surface area is 101 Å². The largest absolute Gasteiger partial charge is 0.492 e. The fraction of sp³-hybridized carbons (Fsp3) is 0.308. The maximum atomic E-state index is 11.4. The van der Waals surface area contributed by atoms with Gasteiger partial charge in [0, 0.05) is 11.4 Å². The van der Waals surface area contributed by atoms with Crippen LogP contribution in [0.3, 0.4) is 0 Å². The normalized spacial score (nSPS) is 9.94. The Morgan fingerprint density at radius 2 is 2.12 bits per heavy atom. The van der Waals surface area contributed by atoms with Crippen molar-refractivity contribution in [2.75, 3.05) is 6.61 Å². The maximum Gasteiger partial charge on any atom is 0.163 e. The van der Waals surface area contributed by atoms with Crippen LogP contribution in [0.25, 0.3) is 0 Å². The van der Waals surface area contributed by atoms with Crippen molar-refractivity contribution < 1.29 is 9.53 Å². The molecule has 0 aliphatic carbocycles. The van der Waals surface area contributed by atoms with Gasteiger partial charge in [0.05, 0.1) is 12.2 Å². The first-order valence-corrected chi connectivity index (χ1v) is 5.46. The molecule has 0 amide bonds. The summed E-state index contributed by atoms with van der Waals surface area (Å²) in [6.45, 7) is 7.75. The minimum Gasteiger partial charge on any atom is -0.492 e. The summed E-state index contributed by atoms with van der Waals surface area (Å²) in [7, 11) is 0. The van der Waals surface area contributed by atoms with Crippen molar-refractivity contribution >= 4 is 17.4 Å². The minimum atomic E-state index is -0.0483. The lowest BCUT2D eigenvalue weighted by molar-refractivity contribution is 0.101. The number of carbonyl (C=O) groups excluding carboxylic acids is 1. The van der Waals surface area contributed by atoms with Crippen LogP contribution >= 0.6 is 11.6 Å². The van der Waals surface area contributed by atoms with Gasteiger partial charge in [-0.3, -0.25) is 4.79 Å². The maximum absolute atomic E-state index is 11.4. The predicted molar refractivity (Wildman–Crippen MR) is 66.4 cm³/mol. The fourth-order valence-electron chi connectivity index (χ4n) is 1.24. The van der Waals surface area contributed by atoms with E-state index in [1.54, 1.807) is 18.2 Å². The van der Waals surface area contributed by atoms with Gasteiger partial charge in [-0.15, -0.1) is 6.58 Å². The van der Waals surface area contributed by atoms with E-state index in [-0.39, 0.29) is 5.78 Å². The third-order valence-electron chi connectivity index (χ3n) is 2.11. The van der Waals surface area contributed by atoms with Gasteiger partial charge in [-0.25, -0.2) is 0 Å². The highest BCUT2D eigenvalue weighted by Crippen LogP contribution is 2.23. The lowest BCUT2D eigenvalue weighted by Gasteiger charge is -2.09. The molecule has 0 bridgehead atoms. The van der Waals surface area contributed by atoms with Crippen LogP contribution < -0.4 is 4.74 Å². The predicted octanol–water partition coefficient (Wildman–Crippen LogP) is 3.89. The first-order valence-electron chi connectivity index (χ1n) is 5.08. The summed E-state index contributed by atoms with van der Waals surface area (Å²) >= 11 is 5.82. The van der Waals surface area contributed by atoms with Gasteiger partial charge in [0.1, 0.15) is 5.75 Å². The molecule has 3 heteroatoms. The zero-order chi connectivity index (χ0) is 12.1. The van der Waals surface area contributed by atoms with Crippen molar-refractivity contribution in [2.45, 2.75) is 20.3 Å². The molecule has 0 aromatic heterocycles. The number of Topliss-reactive ketones (excluding diaryl/α,β-unsaturated/α-hetero) is 1. The van der Waals surface area contributed by atoms with E-state index in [0.29, 0.717) is 22.9 Å². The number of benzene rings is 1. The standard InChI is InChI=1S/C13H15ClO2/c1-9(2)6-7-16-13-5-4-11(14)8-12(13)10(3)15/h4-5,8H,1,6-7H2,2-3H3. The molecule has 2 nitrogen and oxygen atoms in total. The van der Waals surface area contributed by atoms with Crippen LogP contribution in [0.15, 0.2) is 30.4 Å². The Bertz CT molecular complexity index is 410. The lowest BCUT2D eigenvalue weighted by Crippen LogP contribution is -2.03. The van der Waals surface area contributed by atoms with Crippen molar-refractivity contribution in [1.82, 2.24) is 0 Å². The quantitative estimate of drug-likeness (QED) is 0.575. The number of rotatable bonds is 5. The van der Waals surface area contributed by atoms with E-state index >= 15 is 0 Å². The van der Waals surface area contributed by atoms with Crippen molar-refractivity contribution in [1.29, 1.82) is 0 Å². The smallest absolute Gasteiger partial charge is 0.163 e. The number of carbonyl (C=O) groups is 1. The zero-order valence-electron chi connectivity index (χ0n) is 9.55. The molecule has 0 aliphatic rings. The van der Waals surface area contributed by atoms with Crippen LogP contribution in [0.1, 0.15) is 30.6 Å². The summed E-state index contributed by atoms with van der Waals surface area (Å²) in [5, 5.41) is 0.539. The molecule has 1 aromatic carbocycles. The lowest BCUT2D eigenvalue weighted by atomic mass is 10.1. The third-order valence-corrected chi connectivity index (χ3v) is 2.34. The van der Waals surface area contributed by atoms with E-state index in [4.69, 9.17) is 16.3 Å². The molecule has 1 aromatic rings. The van der Waals surface area contributed by atoms with Gasteiger partial charge < -0.3 is 4.74 Å². The molecule has 0 radical (unpaired) electrons. The molecule has 16 heavy (non-hydrogen) atoms. The van der Waals surface area contributed by atoms with Gasteiger partial charge >= 0.3 is 0 Å². The summed E-state index contributed by atoms with van der Waals surface area (Å²) in [5.41, 5.74) is 1.58. The molecule has 0 unspecified atom stereocenters. The second kappa shape index (κ2) is 5.71. The van der Waals surface area contributed by atoms with E-state index in [9.17, 15) is 4.79 Å². The van der Waals surface area contributed by atoms with Gasteiger partial charge in [-0.2, -0.15) is 0 Å². The summed E-state index contributed by atoms with van der Waals surface area (Å²) in [6.07, 6.45) is 0.778. The average molecular weight is 239 g/mol. The molecule has 1 rings (SSSR count). The number of ether oxygens (including phenoxy) is 1. The second-order valence-electron chi connectivity index (χ2n) is 3.75. The van der Waals surface area contributed by atoms with E-state index in [0.717, 1.165) is 12.0 Å². The van der Waals surface area contributed by atoms with Gasteiger partial charge in [-0.05, 0) is 32.0 Å². The molecule has 86 valence electrons. The molecular formula is C13H15ClO2. The molecule has 0 atom stereocenters. The van der Waals surface area contributed by atoms with E-state index in [1.165, 1.54) is 6.92 Å². The van der Waals surface area contributed by atoms with Crippen LogP contribution in [0, 0.1) is 0 Å². The molecule has 0 fully saturated rings. The Kier molecular flexibility index (Phi) is 4.56. The first kappa shape index (κ1) is 12.8. The highest BCUT2D eigenvalue weighted by molar-refractivity contribution is 6.31. The Morgan fingerprint density at radius 1 is 1.44 bits per heavy atom. The number of ketones is 1. The van der Waals surface area contributed by atoms with E-state index in [2.05, 4.69) is 6.58 Å². The molecule has 0 saturated carbocycles. The second-order valence-corrected chi connectivity index (χ2v) is 4.19. The summed E-state index contributed by atoms with van der Waals surface area (Å²) in [6, 6.07) is 5.06. The van der Waals surface area contributed by atoms with Crippen LogP contribution in [0.4, 0.5) is 0 Å². The topological polar surface area (TPSA) is 26.3 Å². The van der Waals surface area contributed by atoms with Gasteiger partial charge in [0.25, 0.3) is 0 Å². The van der Waals surface area contributed by atoms with Crippen LogP contribution in [0.5, 0.6) is 5.75 Å². The molecule has 0 saturated heterocycles. The summed E-state index contributed by atoms with van der Waals surface area (Å²) in [5.74, 6) is 0.533. The number of hydrogen-bond acceptors (Lipinski definition) is 2. The van der Waals surface area contributed by atoms with Gasteiger partial charge in [0.2, 0.25) is 0 Å². The third kappa shape index (κ3) is 3.70. The summed E-state index contributed by atoms with van der Waals surface area (Å²) in [4.78, 5) is 11.4. The Balaban J connectivity index is 2.78. The van der Waals surface area contributed by atoms with Crippen LogP contribution in [-0.2, 0) is 0 Å². The van der Waals surface area contributed by atoms with E-state index < -0.39 is 0 Å². The average Bonchev–Trinajstić information content (AvgIpc) is 2.19. The first-order chi connectivity index (χ1) is 7.50. The number of halogens is 1. The van der Waals surface area contributed by atoms with Gasteiger partial charge in [0.15, 0.2) is 5.78 Å². The van der Waals surface area contributed by atoms with Gasteiger partial charge in [-0.1, -0.05) is 17.2 Å². The fourth-order valence-corrected chi connectivity index (χ4v) is 1.41.